The highest BCUT2D eigenvalue weighted by atomic mass is 16.5. The van der Waals surface area contributed by atoms with E-state index in [9.17, 15) is 9.59 Å². The highest BCUT2D eigenvalue weighted by Crippen LogP contribution is 2.18. The van der Waals surface area contributed by atoms with Crippen molar-refractivity contribution in [2.45, 2.75) is 0 Å². The van der Waals surface area contributed by atoms with Gasteiger partial charge in [0, 0.05) is 16.9 Å². The van der Waals surface area contributed by atoms with Gasteiger partial charge in [-0.2, -0.15) is 0 Å². The summed E-state index contributed by atoms with van der Waals surface area (Å²) in [5.74, 6) is 1.48. The summed E-state index contributed by atoms with van der Waals surface area (Å²) in [5.41, 5.74) is 1.59. The van der Waals surface area contributed by atoms with Crippen LogP contribution in [0.4, 0.5) is 11.4 Å². The first-order valence-corrected chi connectivity index (χ1v) is 11.5. The molecule has 7 nitrogen and oxygen atoms in total. The van der Waals surface area contributed by atoms with Crippen molar-refractivity contribution in [1.82, 2.24) is 0 Å². The van der Waals surface area contributed by atoms with Gasteiger partial charge in [0.1, 0.15) is 30.5 Å². The zero-order valence-corrected chi connectivity index (χ0v) is 19.6. The molecule has 0 heterocycles. The second kappa shape index (κ2) is 12.6. The van der Waals surface area contributed by atoms with Crippen molar-refractivity contribution >= 4 is 23.2 Å². The third-order valence-electron chi connectivity index (χ3n) is 5.00. The molecule has 182 valence electrons. The molecule has 0 aromatic heterocycles. The Morgan fingerprint density at radius 3 is 1.69 bits per heavy atom. The summed E-state index contributed by atoms with van der Waals surface area (Å²) in [6.45, 7) is 0.681. The maximum absolute atomic E-state index is 12.7. The molecule has 36 heavy (non-hydrogen) atoms. The molecule has 0 aliphatic heterocycles. The predicted molar refractivity (Wildman–Crippen MR) is 139 cm³/mol. The standard InChI is InChI=1S/C29H26N2O5/c32-28(21-36-26-12-5-2-6-13-26)30-23-8-7-9-24(20-23)31-29(33)22-14-16-27(17-15-22)35-19-18-34-25-10-3-1-4-11-25/h1-17,20H,18-19,21H2,(H,30,32)(H,31,33). The lowest BCUT2D eigenvalue weighted by Crippen LogP contribution is -2.20. The number of nitrogens with one attached hydrogen (secondary N) is 2. The van der Waals surface area contributed by atoms with Crippen LogP contribution in [-0.4, -0.2) is 31.6 Å². The third-order valence-corrected chi connectivity index (χ3v) is 5.00. The molecule has 0 bridgehead atoms. The van der Waals surface area contributed by atoms with E-state index in [1.54, 1.807) is 60.7 Å². The Kier molecular flexibility index (Phi) is 8.53. The highest BCUT2D eigenvalue weighted by molar-refractivity contribution is 6.04. The van der Waals surface area contributed by atoms with Gasteiger partial charge in [0.25, 0.3) is 11.8 Å². The van der Waals surface area contributed by atoms with Gasteiger partial charge in [-0.25, -0.2) is 0 Å². The van der Waals surface area contributed by atoms with E-state index in [0.717, 1.165) is 5.75 Å². The van der Waals surface area contributed by atoms with Gasteiger partial charge in [0.15, 0.2) is 6.61 Å². The lowest BCUT2D eigenvalue weighted by Gasteiger charge is -2.11. The van der Waals surface area contributed by atoms with Gasteiger partial charge < -0.3 is 24.8 Å². The number of rotatable bonds is 11. The van der Waals surface area contributed by atoms with E-state index < -0.39 is 0 Å². The Morgan fingerprint density at radius 2 is 1.08 bits per heavy atom. The van der Waals surface area contributed by atoms with Crippen LogP contribution < -0.4 is 24.8 Å². The Morgan fingerprint density at radius 1 is 0.556 bits per heavy atom. The lowest BCUT2D eigenvalue weighted by molar-refractivity contribution is -0.118. The number of benzene rings is 4. The van der Waals surface area contributed by atoms with Crippen LogP contribution in [0, 0.1) is 0 Å². The van der Waals surface area contributed by atoms with Crippen LogP contribution in [0.25, 0.3) is 0 Å². The fourth-order valence-electron chi connectivity index (χ4n) is 3.28. The van der Waals surface area contributed by atoms with Gasteiger partial charge in [-0.15, -0.1) is 0 Å². The molecule has 0 spiro atoms. The average molecular weight is 483 g/mol. The minimum absolute atomic E-state index is 0.118. The van der Waals surface area contributed by atoms with Crippen molar-refractivity contribution in [1.29, 1.82) is 0 Å². The number of ether oxygens (including phenoxy) is 3. The van der Waals surface area contributed by atoms with Crippen LogP contribution in [0.3, 0.4) is 0 Å². The maximum Gasteiger partial charge on any atom is 0.262 e. The molecule has 0 atom stereocenters. The van der Waals surface area contributed by atoms with Crippen LogP contribution in [0.1, 0.15) is 10.4 Å². The lowest BCUT2D eigenvalue weighted by atomic mass is 10.2. The molecule has 4 aromatic rings. The second-order valence-corrected chi connectivity index (χ2v) is 7.72. The zero-order valence-electron chi connectivity index (χ0n) is 19.6. The summed E-state index contributed by atoms with van der Waals surface area (Å²) in [7, 11) is 0. The van der Waals surface area contributed by atoms with Crippen LogP contribution in [0.5, 0.6) is 17.2 Å². The molecule has 0 aliphatic rings. The number of hydrogen-bond donors (Lipinski definition) is 2. The molecule has 2 N–H and O–H groups in total. The minimum atomic E-state index is -0.299. The van der Waals surface area contributed by atoms with Crippen LogP contribution in [0.2, 0.25) is 0 Å². The molecular formula is C29H26N2O5. The van der Waals surface area contributed by atoms with E-state index in [1.807, 2.05) is 48.5 Å². The Labute approximate surface area is 209 Å². The topological polar surface area (TPSA) is 85.9 Å². The Balaban J connectivity index is 1.23. The van der Waals surface area contributed by atoms with Gasteiger partial charge in [-0.1, -0.05) is 42.5 Å². The van der Waals surface area contributed by atoms with Crippen LogP contribution in [0.15, 0.2) is 109 Å². The van der Waals surface area contributed by atoms with E-state index in [4.69, 9.17) is 14.2 Å². The number of carbonyl (C=O) groups is 2. The molecule has 0 unspecified atom stereocenters. The van der Waals surface area contributed by atoms with Crippen molar-refractivity contribution in [3.05, 3.63) is 115 Å². The summed E-state index contributed by atoms with van der Waals surface area (Å²) >= 11 is 0. The first-order valence-electron chi connectivity index (χ1n) is 11.5. The highest BCUT2D eigenvalue weighted by Gasteiger charge is 2.09. The molecule has 0 aliphatic carbocycles. The predicted octanol–water partition coefficient (Wildman–Crippen LogP) is 5.41. The molecule has 0 saturated carbocycles. The fraction of sp³-hybridized carbons (Fsp3) is 0.103. The number of para-hydroxylation sites is 2. The van der Waals surface area contributed by atoms with E-state index in [1.165, 1.54) is 0 Å². The largest absolute Gasteiger partial charge is 0.490 e. The molecule has 7 heteroatoms. The first-order chi connectivity index (χ1) is 17.7. The second-order valence-electron chi connectivity index (χ2n) is 7.72. The van der Waals surface area contributed by atoms with E-state index in [-0.39, 0.29) is 18.4 Å². The summed E-state index contributed by atoms with van der Waals surface area (Å²) in [4.78, 5) is 24.9. The van der Waals surface area contributed by atoms with Gasteiger partial charge >= 0.3 is 0 Å². The molecule has 4 rings (SSSR count). The summed E-state index contributed by atoms with van der Waals surface area (Å²) in [5, 5.41) is 5.60. The monoisotopic (exact) mass is 482 g/mol. The van der Waals surface area contributed by atoms with Gasteiger partial charge in [0.2, 0.25) is 0 Å². The number of hydrogen-bond acceptors (Lipinski definition) is 5. The van der Waals surface area contributed by atoms with Gasteiger partial charge in [-0.05, 0) is 66.7 Å². The summed E-state index contributed by atoms with van der Waals surface area (Å²) < 4.78 is 16.7. The SMILES string of the molecule is O=C(COc1ccccc1)Nc1cccc(NC(=O)c2ccc(OCCOc3ccccc3)cc2)c1. The average Bonchev–Trinajstić information content (AvgIpc) is 2.92. The molecule has 0 fully saturated rings. The Bertz CT molecular complexity index is 1260. The maximum atomic E-state index is 12.7. The Hall–Kier alpha value is -4.78. The first kappa shape index (κ1) is 24.3. The van der Waals surface area contributed by atoms with E-state index in [2.05, 4.69) is 10.6 Å². The molecular weight excluding hydrogens is 456 g/mol. The van der Waals surface area contributed by atoms with E-state index in [0.29, 0.717) is 41.7 Å². The number of anilines is 2. The molecule has 2 amide bonds. The van der Waals surface area contributed by atoms with Crippen LogP contribution in [-0.2, 0) is 4.79 Å². The molecule has 0 radical (unpaired) electrons. The van der Waals surface area contributed by atoms with Crippen molar-refractivity contribution in [3.63, 3.8) is 0 Å². The minimum Gasteiger partial charge on any atom is -0.490 e. The zero-order chi connectivity index (χ0) is 25.0. The van der Waals surface area contributed by atoms with Crippen LogP contribution >= 0.6 is 0 Å². The van der Waals surface area contributed by atoms with E-state index >= 15 is 0 Å². The van der Waals surface area contributed by atoms with Crippen molar-refractivity contribution in [2.24, 2.45) is 0 Å². The van der Waals surface area contributed by atoms with Gasteiger partial charge in [0.05, 0.1) is 0 Å². The third kappa shape index (κ3) is 7.63. The van der Waals surface area contributed by atoms with Crippen molar-refractivity contribution in [2.75, 3.05) is 30.5 Å². The van der Waals surface area contributed by atoms with Gasteiger partial charge in [-0.3, -0.25) is 9.59 Å². The molecule has 0 saturated heterocycles. The normalized spacial score (nSPS) is 10.2. The number of amides is 2. The summed E-state index contributed by atoms with van der Waals surface area (Å²) in [6, 6.07) is 32.4. The summed E-state index contributed by atoms with van der Waals surface area (Å²) in [6.07, 6.45) is 0. The smallest absolute Gasteiger partial charge is 0.262 e. The number of carbonyl (C=O) groups excluding carboxylic acids is 2. The van der Waals surface area contributed by atoms with Crippen molar-refractivity contribution < 1.29 is 23.8 Å². The van der Waals surface area contributed by atoms with Crippen molar-refractivity contribution in [3.8, 4) is 17.2 Å². The molecule has 4 aromatic carbocycles. The quantitative estimate of drug-likeness (QED) is 0.279. The fourth-order valence-corrected chi connectivity index (χ4v) is 3.28.